The number of ether oxygens (including phenoxy) is 2. The van der Waals surface area contributed by atoms with E-state index in [2.05, 4.69) is 34.1 Å². The number of hydrogen-bond donors (Lipinski definition) is 0. The Morgan fingerprint density at radius 1 is 1.17 bits per heavy atom. The van der Waals surface area contributed by atoms with Crippen molar-refractivity contribution in [1.82, 2.24) is 9.80 Å². The lowest BCUT2D eigenvalue weighted by atomic mass is 10.1. The summed E-state index contributed by atoms with van der Waals surface area (Å²) >= 11 is 0. The van der Waals surface area contributed by atoms with E-state index in [0.717, 1.165) is 64.5 Å². The van der Waals surface area contributed by atoms with E-state index >= 15 is 0 Å². The molecule has 2 aliphatic rings. The fraction of sp³-hybridized carbons (Fsp3) is 0.632. The van der Waals surface area contributed by atoms with Crippen LogP contribution in [0.4, 0.5) is 0 Å². The molecule has 1 aromatic rings. The van der Waals surface area contributed by atoms with Gasteiger partial charge in [-0.15, -0.1) is 0 Å². The molecule has 0 radical (unpaired) electrons. The van der Waals surface area contributed by atoms with Gasteiger partial charge in [-0.1, -0.05) is 18.2 Å². The molecule has 1 aromatic carbocycles. The normalized spacial score (nSPS) is 22.4. The lowest BCUT2D eigenvalue weighted by molar-refractivity contribution is 0.0669. The first-order chi connectivity index (χ1) is 11.8. The van der Waals surface area contributed by atoms with Crippen LogP contribution >= 0.6 is 0 Å². The summed E-state index contributed by atoms with van der Waals surface area (Å²) in [6.07, 6.45) is 3.13. The lowest BCUT2D eigenvalue weighted by Gasteiger charge is -2.34. The molecule has 0 N–H and O–H groups in total. The zero-order valence-corrected chi connectivity index (χ0v) is 14.3. The molecule has 2 heterocycles. The maximum absolute atomic E-state index is 8.69. The van der Waals surface area contributed by atoms with Crippen LogP contribution in [0.5, 0.6) is 5.75 Å². The average molecular weight is 329 g/mol. The molecule has 130 valence electrons. The molecule has 2 fully saturated rings. The third-order valence-electron chi connectivity index (χ3n) is 4.82. The van der Waals surface area contributed by atoms with Crippen LogP contribution in [0.3, 0.4) is 0 Å². The number of para-hydroxylation sites is 1. The fourth-order valence-corrected chi connectivity index (χ4v) is 3.35. The van der Waals surface area contributed by atoms with Crippen LogP contribution in [0, 0.1) is 11.3 Å². The number of nitrogens with zero attached hydrogens (tertiary/aromatic N) is 3. The predicted molar refractivity (Wildman–Crippen MR) is 92.9 cm³/mol. The van der Waals surface area contributed by atoms with Crippen molar-refractivity contribution in [3.8, 4) is 11.8 Å². The highest BCUT2D eigenvalue weighted by Crippen LogP contribution is 2.22. The van der Waals surface area contributed by atoms with Gasteiger partial charge in [-0.3, -0.25) is 9.80 Å². The Bertz CT molecular complexity index is 544. The molecule has 0 saturated carbocycles. The van der Waals surface area contributed by atoms with E-state index in [1.165, 1.54) is 5.56 Å². The first kappa shape index (κ1) is 17.2. The van der Waals surface area contributed by atoms with Gasteiger partial charge in [-0.25, -0.2) is 0 Å². The van der Waals surface area contributed by atoms with Crippen molar-refractivity contribution in [1.29, 1.82) is 5.26 Å². The third-order valence-corrected chi connectivity index (χ3v) is 4.82. The molecule has 0 aromatic heterocycles. The van der Waals surface area contributed by atoms with Gasteiger partial charge in [-0.2, -0.15) is 5.26 Å². The van der Waals surface area contributed by atoms with Gasteiger partial charge in [0.25, 0.3) is 0 Å². The van der Waals surface area contributed by atoms with Gasteiger partial charge in [0.15, 0.2) is 0 Å². The molecule has 2 saturated heterocycles. The molecule has 5 nitrogen and oxygen atoms in total. The number of hydrogen-bond acceptors (Lipinski definition) is 5. The van der Waals surface area contributed by atoms with E-state index in [-0.39, 0.29) is 6.10 Å². The Morgan fingerprint density at radius 3 is 2.71 bits per heavy atom. The van der Waals surface area contributed by atoms with Crippen molar-refractivity contribution in [2.45, 2.75) is 31.9 Å². The molecule has 2 aliphatic heterocycles. The van der Waals surface area contributed by atoms with Gasteiger partial charge in [0.05, 0.1) is 12.2 Å². The number of nitriles is 1. The van der Waals surface area contributed by atoms with E-state index in [1.807, 2.05) is 6.07 Å². The van der Waals surface area contributed by atoms with Gasteiger partial charge in [0, 0.05) is 57.9 Å². The molecule has 0 aliphatic carbocycles. The maximum Gasteiger partial charge on any atom is 0.123 e. The molecular formula is C19H27N3O2. The summed E-state index contributed by atoms with van der Waals surface area (Å²) in [5.74, 6) is 0.986. The van der Waals surface area contributed by atoms with Crippen LogP contribution in [0.2, 0.25) is 0 Å². The topological polar surface area (TPSA) is 48.7 Å². The minimum atomic E-state index is 0.252. The van der Waals surface area contributed by atoms with Crippen LogP contribution in [-0.2, 0) is 11.3 Å². The Hall–Kier alpha value is -1.61. The van der Waals surface area contributed by atoms with Gasteiger partial charge in [0.1, 0.15) is 12.4 Å². The zero-order chi connectivity index (χ0) is 16.6. The van der Waals surface area contributed by atoms with Crippen LogP contribution in [0.25, 0.3) is 0 Å². The lowest BCUT2D eigenvalue weighted by Crippen LogP contribution is -2.46. The van der Waals surface area contributed by atoms with Crippen LogP contribution in [-0.4, -0.2) is 61.8 Å². The van der Waals surface area contributed by atoms with Gasteiger partial charge in [0.2, 0.25) is 0 Å². The second-order valence-corrected chi connectivity index (χ2v) is 6.58. The Kier molecular flexibility index (Phi) is 6.48. The fourth-order valence-electron chi connectivity index (χ4n) is 3.35. The average Bonchev–Trinajstić information content (AvgIpc) is 3.14. The highest BCUT2D eigenvalue weighted by Gasteiger charge is 2.19. The van der Waals surface area contributed by atoms with Crippen LogP contribution < -0.4 is 4.74 Å². The highest BCUT2D eigenvalue weighted by atomic mass is 16.5. The van der Waals surface area contributed by atoms with E-state index in [9.17, 15) is 0 Å². The van der Waals surface area contributed by atoms with Gasteiger partial charge < -0.3 is 9.47 Å². The Labute approximate surface area is 144 Å². The van der Waals surface area contributed by atoms with Crippen molar-refractivity contribution in [2.24, 2.45) is 0 Å². The molecule has 0 spiro atoms. The summed E-state index contributed by atoms with van der Waals surface area (Å²) < 4.78 is 11.7. The number of rotatable bonds is 7. The smallest absolute Gasteiger partial charge is 0.123 e. The van der Waals surface area contributed by atoms with Crippen molar-refractivity contribution in [3.05, 3.63) is 29.8 Å². The molecule has 3 rings (SSSR count). The van der Waals surface area contributed by atoms with Crippen LogP contribution in [0.1, 0.15) is 24.8 Å². The molecule has 0 bridgehead atoms. The first-order valence-corrected chi connectivity index (χ1v) is 8.99. The highest BCUT2D eigenvalue weighted by molar-refractivity contribution is 5.33. The van der Waals surface area contributed by atoms with Crippen molar-refractivity contribution in [2.75, 3.05) is 45.9 Å². The summed E-state index contributed by atoms with van der Waals surface area (Å²) in [6, 6.07) is 10.6. The standard InChI is InChI=1S/C19H27N3O2/c20-8-4-9-21-10-12-22(13-11-21)15-17-5-1-2-7-19(17)24-16-18-6-3-14-23-18/h1-2,5,7,18H,3-4,6,9-16H2. The zero-order valence-electron chi connectivity index (χ0n) is 14.3. The van der Waals surface area contributed by atoms with Crippen LogP contribution in [0.15, 0.2) is 24.3 Å². The van der Waals surface area contributed by atoms with E-state index in [1.54, 1.807) is 0 Å². The summed E-state index contributed by atoms with van der Waals surface area (Å²) in [7, 11) is 0. The number of benzene rings is 1. The van der Waals surface area contributed by atoms with Crippen molar-refractivity contribution >= 4 is 0 Å². The number of piperazine rings is 1. The summed E-state index contributed by atoms with van der Waals surface area (Å²) in [6.45, 7) is 7.52. The third kappa shape index (κ3) is 4.94. The minimum Gasteiger partial charge on any atom is -0.491 e. The predicted octanol–water partition coefficient (Wildman–Crippen LogP) is 2.28. The first-order valence-electron chi connectivity index (χ1n) is 8.99. The largest absolute Gasteiger partial charge is 0.491 e. The monoisotopic (exact) mass is 329 g/mol. The Morgan fingerprint density at radius 2 is 1.96 bits per heavy atom. The maximum atomic E-state index is 8.69. The molecule has 5 heteroatoms. The molecule has 24 heavy (non-hydrogen) atoms. The summed E-state index contributed by atoms with van der Waals surface area (Å²) in [5, 5.41) is 8.69. The minimum absolute atomic E-state index is 0.252. The second-order valence-electron chi connectivity index (χ2n) is 6.58. The molecule has 1 unspecified atom stereocenters. The summed E-state index contributed by atoms with van der Waals surface area (Å²) in [5.41, 5.74) is 1.25. The molecular weight excluding hydrogens is 302 g/mol. The van der Waals surface area contributed by atoms with E-state index in [4.69, 9.17) is 14.7 Å². The quantitative estimate of drug-likeness (QED) is 0.768. The molecule has 1 atom stereocenters. The summed E-state index contributed by atoms with van der Waals surface area (Å²) in [4.78, 5) is 4.84. The van der Waals surface area contributed by atoms with E-state index < -0.39 is 0 Å². The second kappa shape index (κ2) is 9.03. The van der Waals surface area contributed by atoms with Gasteiger partial charge in [-0.05, 0) is 18.9 Å². The SMILES string of the molecule is N#CCCN1CCN(Cc2ccccc2OCC2CCCO2)CC1. The van der Waals surface area contributed by atoms with Gasteiger partial charge >= 0.3 is 0 Å². The molecule has 0 amide bonds. The van der Waals surface area contributed by atoms with Crippen molar-refractivity contribution in [3.63, 3.8) is 0 Å². The van der Waals surface area contributed by atoms with E-state index in [0.29, 0.717) is 13.0 Å². The van der Waals surface area contributed by atoms with Crippen molar-refractivity contribution < 1.29 is 9.47 Å². The Balaban J connectivity index is 1.49.